The van der Waals surface area contributed by atoms with E-state index in [1.165, 1.54) is 6.42 Å². The Bertz CT molecular complexity index is 427. The number of benzene rings is 1. The van der Waals surface area contributed by atoms with Crippen LogP contribution in [0.3, 0.4) is 0 Å². The van der Waals surface area contributed by atoms with Crippen LogP contribution in [0.2, 0.25) is 10.0 Å². The van der Waals surface area contributed by atoms with E-state index in [1.54, 1.807) is 6.07 Å². The first kappa shape index (κ1) is 17.8. The maximum Gasteiger partial charge on any atom is 0.0624 e. The number of hydrogen-bond acceptors (Lipinski definition) is 2. The quantitative estimate of drug-likeness (QED) is 0.582. The molecule has 0 aliphatic rings. The third-order valence-corrected chi connectivity index (χ3v) is 4.24. The average Bonchev–Trinajstić information content (AvgIpc) is 2.31. The Balaban J connectivity index is 2.65. The molecule has 1 aromatic rings. The maximum absolute atomic E-state index is 6.24. The van der Waals surface area contributed by atoms with Crippen LogP contribution in [-0.2, 0) is 6.42 Å². The summed E-state index contributed by atoms with van der Waals surface area (Å²) in [6.07, 6.45) is 3.00. The molecule has 0 bridgehead atoms. The van der Waals surface area contributed by atoms with Crippen molar-refractivity contribution >= 4 is 23.2 Å². The van der Waals surface area contributed by atoms with E-state index in [4.69, 9.17) is 29.0 Å². The van der Waals surface area contributed by atoms with Crippen molar-refractivity contribution < 1.29 is 0 Å². The number of nitrogens with two attached hydrogens (primary N) is 1. The van der Waals surface area contributed by atoms with Gasteiger partial charge in [-0.25, -0.2) is 0 Å². The Morgan fingerprint density at radius 1 is 1.25 bits per heavy atom. The third kappa shape index (κ3) is 6.01. The Hall–Kier alpha value is -0.280. The minimum absolute atomic E-state index is 0.211. The van der Waals surface area contributed by atoms with Crippen LogP contribution in [0.5, 0.6) is 0 Å². The van der Waals surface area contributed by atoms with Crippen LogP contribution in [0.1, 0.15) is 46.1 Å². The van der Waals surface area contributed by atoms with Crippen LogP contribution < -0.4 is 11.3 Å². The zero-order valence-corrected chi connectivity index (χ0v) is 14.4. The number of rotatable bonds is 6. The van der Waals surface area contributed by atoms with E-state index in [0.29, 0.717) is 21.4 Å². The van der Waals surface area contributed by atoms with Crippen molar-refractivity contribution in [2.75, 3.05) is 0 Å². The SMILES string of the molecule is CC(CC(Cc1cccc(Cl)c1Cl)NN)CC(C)(C)C. The fraction of sp³-hybridized carbons (Fsp3) is 0.625. The average molecular weight is 317 g/mol. The van der Waals surface area contributed by atoms with E-state index in [9.17, 15) is 0 Å². The van der Waals surface area contributed by atoms with E-state index in [2.05, 4.69) is 33.1 Å². The first-order chi connectivity index (χ1) is 9.23. The van der Waals surface area contributed by atoms with E-state index in [0.717, 1.165) is 18.4 Å². The lowest BCUT2D eigenvalue weighted by Gasteiger charge is -2.26. The van der Waals surface area contributed by atoms with Gasteiger partial charge in [0.15, 0.2) is 0 Å². The van der Waals surface area contributed by atoms with E-state index in [1.807, 2.05) is 12.1 Å². The maximum atomic E-state index is 6.24. The zero-order valence-electron chi connectivity index (χ0n) is 12.8. The third-order valence-electron chi connectivity index (χ3n) is 3.38. The molecule has 0 saturated carbocycles. The standard InChI is InChI=1S/C16H26Cl2N2/c1-11(10-16(2,3)4)8-13(20-19)9-12-6-5-7-14(17)15(12)18/h5-7,11,13,20H,8-10,19H2,1-4H3. The van der Waals surface area contributed by atoms with Gasteiger partial charge in [-0.15, -0.1) is 0 Å². The molecule has 0 radical (unpaired) electrons. The van der Waals surface area contributed by atoms with Gasteiger partial charge in [-0.2, -0.15) is 0 Å². The lowest BCUT2D eigenvalue weighted by molar-refractivity contribution is 0.274. The molecule has 0 spiro atoms. The summed E-state index contributed by atoms with van der Waals surface area (Å²) >= 11 is 12.3. The van der Waals surface area contributed by atoms with Gasteiger partial charge in [0.1, 0.15) is 0 Å². The minimum Gasteiger partial charge on any atom is -0.271 e. The summed E-state index contributed by atoms with van der Waals surface area (Å²) in [7, 11) is 0. The fourth-order valence-electron chi connectivity index (χ4n) is 2.80. The van der Waals surface area contributed by atoms with Gasteiger partial charge in [0.05, 0.1) is 10.0 Å². The van der Waals surface area contributed by atoms with Gasteiger partial charge in [-0.05, 0) is 42.2 Å². The molecule has 0 saturated heterocycles. The molecule has 2 unspecified atom stereocenters. The highest BCUT2D eigenvalue weighted by Crippen LogP contribution is 2.29. The van der Waals surface area contributed by atoms with Crippen molar-refractivity contribution in [1.82, 2.24) is 5.43 Å². The van der Waals surface area contributed by atoms with E-state index < -0.39 is 0 Å². The number of hydrazine groups is 1. The van der Waals surface area contributed by atoms with Crippen molar-refractivity contribution in [3.8, 4) is 0 Å². The highest BCUT2D eigenvalue weighted by molar-refractivity contribution is 6.42. The van der Waals surface area contributed by atoms with Crippen LogP contribution in [0.25, 0.3) is 0 Å². The summed E-state index contributed by atoms with van der Waals surface area (Å²) in [5.74, 6) is 6.30. The predicted octanol–water partition coefficient (Wildman–Crippen LogP) is 4.83. The van der Waals surface area contributed by atoms with Crippen LogP contribution in [0.4, 0.5) is 0 Å². The highest BCUT2D eigenvalue weighted by Gasteiger charge is 2.19. The minimum atomic E-state index is 0.211. The summed E-state index contributed by atoms with van der Waals surface area (Å²) in [4.78, 5) is 0. The molecule has 1 aromatic carbocycles. The fourth-order valence-corrected chi connectivity index (χ4v) is 3.19. The molecule has 3 N–H and O–H groups in total. The van der Waals surface area contributed by atoms with Gasteiger partial charge < -0.3 is 0 Å². The molecule has 114 valence electrons. The van der Waals surface area contributed by atoms with Crippen molar-refractivity contribution in [3.05, 3.63) is 33.8 Å². The summed E-state index contributed by atoms with van der Waals surface area (Å²) in [5.41, 5.74) is 4.30. The molecule has 0 aliphatic carbocycles. The molecule has 0 amide bonds. The van der Waals surface area contributed by atoms with Gasteiger partial charge >= 0.3 is 0 Å². The molecule has 0 fully saturated rings. The monoisotopic (exact) mass is 316 g/mol. The lowest BCUT2D eigenvalue weighted by atomic mass is 9.82. The van der Waals surface area contributed by atoms with Crippen molar-refractivity contribution in [1.29, 1.82) is 0 Å². The van der Waals surface area contributed by atoms with Crippen molar-refractivity contribution in [2.24, 2.45) is 17.2 Å². The summed E-state index contributed by atoms with van der Waals surface area (Å²) in [6.45, 7) is 9.07. The number of hydrogen-bond donors (Lipinski definition) is 2. The van der Waals surface area contributed by atoms with E-state index in [-0.39, 0.29) is 6.04 Å². The number of nitrogens with one attached hydrogen (secondary N) is 1. The Labute approximate surface area is 133 Å². The first-order valence-corrected chi connectivity index (χ1v) is 7.87. The Morgan fingerprint density at radius 2 is 1.90 bits per heavy atom. The molecule has 2 atom stereocenters. The Kier molecular flexibility index (Phi) is 6.80. The molecule has 1 rings (SSSR count). The van der Waals surface area contributed by atoms with Crippen LogP contribution in [0, 0.1) is 11.3 Å². The smallest absolute Gasteiger partial charge is 0.0624 e. The molecule has 20 heavy (non-hydrogen) atoms. The van der Waals surface area contributed by atoms with Gasteiger partial charge in [0.2, 0.25) is 0 Å². The molecular weight excluding hydrogens is 291 g/mol. The van der Waals surface area contributed by atoms with E-state index >= 15 is 0 Å². The second-order valence-electron chi connectivity index (χ2n) is 6.89. The lowest BCUT2D eigenvalue weighted by Crippen LogP contribution is -2.38. The summed E-state index contributed by atoms with van der Waals surface area (Å²) < 4.78 is 0. The predicted molar refractivity (Wildman–Crippen MR) is 89.1 cm³/mol. The van der Waals surface area contributed by atoms with Gasteiger partial charge in [0, 0.05) is 6.04 Å². The largest absolute Gasteiger partial charge is 0.271 e. The molecular formula is C16H26Cl2N2. The summed E-state index contributed by atoms with van der Waals surface area (Å²) in [6, 6.07) is 5.95. The first-order valence-electron chi connectivity index (χ1n) is 7.12. The molecule has 0 aliphatic heterocycles. The highest BCUT2D eigenvalue weighted by atomic mass is 35.5. The van der Waals surface area contributed by atoms with Crippen LogP contribution in [-0.4, -0.2) is 6.04 Å². The topological polar surface area (TPSA) is 38.0 Å². The normalized spacial score (nSPS) is 15.2. The number of halogens is 2. The van der Waals surface area contributed by atoms with Crippen LogP contribution in [0.15, 0.2) is 18.2 Å². The molecule has 0 heterocycles. The second kappa shape index (κ2) is 7.65. The van der Waals surface area contributed by atoms with Gasteiger partial charge in [-0.1, -0.05) is 63.0 Å². The Morgan fingerprint density at radius 3 is 2.45 bits per heavy atom. The van der Waals surface area contributed by atoms with Gasteiger partial charge in [-0.3, -0.25) is 11.3 Å². The molecule has 4 heteroatoms. The molecule has 0 aromatic heterocycles. The van der Waals surface area contributed by atoms with Crippen molar-refractivity contribution in [2.45, 2.75) is 53.0 Å². The van der Waals surface area contributed by atoms with Crippen molar-refractivity contribution in [3.63, 3.8) is 0 Å². The van der Waals surface area contributed by atoms with Gasteiger partial charge in [0.25, 0.3) is 0 Å². The second-order valence-corrected chi connectivity index (χ2v) is 7.67. The van der Waals surface area contributed by atoms with Crippen LogP contribution >= 0.6 is 23.2 Å². The zero-order chi connectivity index (χ0) is 15.3. The molecule has 2 nitrogen and oxygen atoms in total. The summed E-state index contributed by atoms with van der Waals surface area (Å²) in [5, 5.41) is 1.24.